The van der Waals surface area contributed by atoms with Gasteiger partial charge in [0.15, 0.2) is 0 Å². The normalized spacial score (nSPS) is 15.4. The molecule has 0 heterocycles. The van der Waals surface area contributed by atoms with E-state index in [2.05, 4.69) is 5.32 Å². The fourth-order valence-corrected chi connectivity index (χ4v) is 3.13. The summed E-state index contributed by atoms with van der Waals surface area (Å²) in [4.78, 5) is 12.8. The van der Waals surface area contributed by atoms with Crippen molar-refractivity contribution in [2.24, 2.45) is 5.92 Å². The van der Waals surface area contributed by atoms with Crippen LogP contribution in [-0.4, -0.2) is 12.5 Å². The standard InChI is InChI=1S/C21H21ClF3NO2/c1-13(2)12-28-18-8-7-16(11-17(18)21(23,24)25)26-19(27)20(9-10-20)14-3-5-15(22)6-4-14/h3-8,11,13H,9-10,12H2,1-2H3,(H,26,27). The average Bonchev–Trinajstić information content (AvgIpc) is 3.42. The number of amides is 1. The minimum Gasteiger partial charge on any atom is -0.493 e. The Kier molecular flexibility index (Phi) is 5.62. The monoisotopic (exact) mass is 411 g/mol. The van der Waals surface area contributed by atoms with Gasteiger partial charge in [0.05, 0.1) is 17.6 Å². The lowest BCUT2D eigenvalue weighted by Crippen LogP contribution is -2.28. The topological polar surface area (TPSA) is 38.3 Å². The fourth-order valence-electron chi connectivity index (χ4n) is 3.00. The van der Waals surface area contributed by atoms with Gasteiger partial charge in [-0.2, -0.15) is 13.2 Å². The van der Waals surface area contributed by atoms with Crippen molar-refractivity contribution in [2.75, 3.05) is 11.9 Å². The van der Waals surface area contributed by atoms with Crippen LogP contribution in [0, 0.1) is 5.92 Å². The maximum atomic E-state index is 13.4. The number of nitrogens with one attached hydrogen (secondary N) is 1. The highest BCUT2D eigenvalue weighted by atomic mass is 35.5. The van der Waals surface area contributed by atoms with Crippen LogP contribution in [0.2, 0.25) is 5.02 Å². The third-order valence-electron chi connectivity index (χ3n) is 4.70. The van der Waals surface area contributed by atoms with Crippen molar-refractivity contribution in [3.8, 4) is 5.75 Å². The zero-order valence-electron chi connectivity index (χ0n) is 15.6. The van der Waals surface area contributed by atoms with Gasteiger partial charge in [-0.25, -0.2) is 0 Å². The van der Waals surface area contributed by atoms with Crippen LogP contribution in [-0.2, 0) is 16.4 Å². The van der Waals surface area contributed by atoms with E-state index in [1.54, 1.807) is 24.3 Å². The smallest absolute Gasteiger partial charge is 0.420 e. The third-order valence-corrected chi connectivity index (χ3v) is 4.95. The molecule has 0 unspecified atom stereocenters. The van der Waals surface area contributed by atoms with Gasteiger partial charge in [-0.3, -0.25) is 4.79 Å². The quantitative estimate of drug-likeness (QED) is 0.627. The molecule has 2 aromatic carbocycles. The largest absolute Gasteiger partial charge is 0.493 e. The summed E-state index contributed by atoms with van der Waals surface area (Å²) in [7, 11) is 0. The molecule has 0 atom stereocenters. The minimum atomic E-state index is -4.58. The van der Waals surface area contributed by atoms with Crippen LogP contribution in [0.25, 0.3) is 0 Å². The van der Waals surface area contributed by atoms with E-state index in [0.29, 0.717) is 17.9 Å². The Morgan fingerprint density at radius 3 is 2.36 bits per heavy atom. The van der Waals surface area contributed by atoms with Gasteiger partial charge in [0.2, 0.25) is 5.91 Å². The van der Waals surface area contributed by atoms with Crippen LogP contribution in [0.15, 0.2) is 42.5 Å². The predicted molar refractivity (Wildman–Crippen MR) is 103 cm³/mol. The molecule has 0 aromatic heterocycles. The van der Waals surface area contributed by atoms with Gasteiger partial charge in [-0.05, 0) is 54.7 Å². The van der Waals surface area contributed by atoms with Gasteiger partial charge in [-0.15, -0.1) is 0 Å². The number of halogens is 4. The molecule has 1 aliphatic rings. The summed E-state index contributed by atoms with van der Waals surface area (Å²) in [6.45, 7) is 3.88. The molecule has 0 radical (unpaired) electrons. The van der Waals surface area contributed by atoms with Crippen LogP contribution in [0.5, 0.6) is 5.75 Å². The highest BCUT2D eigenvalue weighted by Crippen LogP contribution is 2.49. The van der Waals surface area contributed by atoms with Gasteiger partial charge >= 0.3 is 6.18 Å². The zero-order valence-corrected chi connectivity index (χ0v) is 16.3. The number of benzene rings is 2. The van der Waals surface area contributed by atoms with E-state index in [1.807, 2.05) is 13.8 Å². The van der Waals surface area contributed by atoms with Crippen LogP contribution in [0.3, 0.4) is 0 Å². The van der Waals surface area contributed by atoms with Crippen molar-refractivity contribution >= 4 is 23.2 Å². The third kappa shape index (κ3) is 4.43. The average molecular weight is 412 g/mol. The summed E-state index contributed by atoms with van der Waals surface area (Å²) in [6, 6.07) is 10.6. The van der Waals surface area contributed by atoms with E-state index in [0.717, 1.165) is 11.6 Å². The van der Waals surface area contributed by atoms with Crippen LogP contribution in [0.4, 0.5) is 18.9 Å². The second-order valence-corrected chi connectivity index (χ2v) is 7.89. The van der Waals surface area contributed by atoms with E-state index in [4.69, 9.17) is 16.3 Å². The Morgan fingerprint density at radius 1 is 1.18 bits per heavy atom. The van der Waals surface area contributed by atoms with Crippen LogP contribution < -0.4 is 10.1 Å². The summed E-state index contributed by atoms with van der Waals surface area (Å²) in [5.41, 5.74) is -0.713. The summed E-state index contributed by atoms with van der Waals surface area (Å²) in [5.74, 6) is -0.466. The van der Waals surface area contributed by atoms with E-state index < -0.39 is 17.2 Å². The van der Waals surface area contributed by atoms with Crippen molar-refractivity contribution in [3.63, 3.8) is 0 Å². The molecule has 1 fully saturated rings. The van der Waals surface area contributed by atoms with Gasteiger partial charge in [0.1, 0.15) is 5.75 Å². The molecule has 3 nitrogen and oxygen atoms in total. The van der Waals surface area contributed by atoms with Gasteiger partial charge in [0, 0.05) is 10.7 Å². The van der Waals surface area contributed by atoms with E-state index in [1.165, 1.54) is 12.1 Å². The first-order valence-corrected chi connectivity index (χ1v) is 9.41. The molecule has 7 heteroatoms. The fraction of sp³-hybridized carbons (Fsp3) is 0.381. The molecule has 1 amide bonds. The highest BCUT2D eigenvalue weighted by molar-refractivity contribution is 6.30. The lowest BCUT2D eigenvalue weighted by molar-refractivity contribution is -0.139. The van der Waals surface area contributed by atoms with Gasteiger partial charge in [-0.1, -0.05) is 37.6 Å². The molecule has 0 aliphatic heterocycles. The van der Waals surface area contributed by atoms with Crippen molar-refractivity contribution in [1.82, 2.24) is 0 Å². The van der Waals surface area contributed by atoms with Crippen molar-refractivity contribution in [3.05, 3.63) is 58.6 Å². The van der Waals surface area contributed by atoms with E-state index in [9.17, 15) is 18.0 Å². The highest BCUT2D eigenvalue weighted by Gasteiger charge is 2.51. The SMILES string of the molecule is CC(C)COc1ccc(NC(=O)C2(c3ccc(Cl)cc3)CC2)cc1C(F)(F)F. The summed E-state index contributed by atoms with van der Waals surface area (Å²) in [5, 5.41) is 3.20. The molecule has 0 spiro atoms. The molecule has 2 aromatic rings. The predicted octanol–water partition coefficient (Wildman–Crippen LogP) is 6.06. The molecule has 0 saturated heterocycles. The Labute approximate surface area is 166 Å². The lowest BCUT2D eigenvalue weighted by atomic mass is 9.95. The Bertz CT molecular complexity index is 859. The number of carbonyl (C=O) groups is 1. The second kappa shape index (κ2) is 7.66. The number of carbonyl (C=O) groups excluding carboxylic acids is 1. The molecular formula is C21H21ClF3NO2. The number of hydrogen-bond donors (Lipinski definition) is 1. The van der Waals surface area contributed by atoms with Crippen LogP contribution >= 0.6 is 11.6 Å². The molecule has 1 saturated carbocycles. The molecule has 1 N–H and O–H groups in total. The molecular weight excluding hydrogens is 391 g/mol. The van der Waals surface area contributed by atoms with Crippen LogP contribution in [0.1, 0.15) is 37.8 Å². The Balaban J connectivity index is 1.82. The first-order valence-electron chi connectivity index (χ1n) is 9.03. The van der Waals surface area contributed by atoms with Crippen molar-refractivity contribution in [1.29, 1.82) is 0 Å². The molecule has 150 valence electrons. The maximum Gasteiger partial charge on any atom is 0.420 e. The Hall–Kier alpha value is -2.21. The molecule has 3 rings (SSSR count). The molecule has 1 aliphatic carbocycles. The maximum absolute atomic E-state index is 13.4. The van der Waals surface area contributed by atoms with Crippen molar-refractivity contribution in [2.45, 2.75) is 38.3 Å². The summed E-state index contributed by atoms with van der Waals surface area (Å²) >= 11 is 5.89. The van der Waals surface area contributed by atoms with E-state index >= 15 is 0 Å². The lowest BCUT2D eigenvalue weighted by Gasteiger charge is -2.19. The molecule has 0 bridgehead atoms. The number of ether oxygens (including phenoxy) is 1. The first-order chi connectivity index (χ1) is 13.1. The van der Waals surface area contributed by atoms with Crippen molar-refractivity contribution < 1.29 is 22.7 Å². The number of rotatable bonds is 6. The number of anilines is 1. The summed E-state index contributed by atoms with van der Waals surface area (Å²) in [6.07, 6.45) is -3.30. The minimum absolute atomic E-state index is 0.0921. The second-order valence-electron chi connectivity index (χ2n) is 7.46. The zero-order chi connectivity index (χ0) is 20.5. The van der Waals surface area contributed by atoms with Gasteiger partial charge < -0.3 is 10.1 Å². The van der Waals surface area contributed by atoms with E-state index in [-0.39, 0.29) is 29.9 Å². The van der Waals surface area contributed by atoms with Gasteiger partial charge in [0.25, 0.3) is 0 Å². The number of alkyl halides is 3. The summed E-state index contributed by atoms with van der Waals surface area (Å²) < 4.78 is 45.6. The first kappa shape index (κ1) is 20.5. The Morgan fingerprint density at radius 2 is 1.82 bits per heavy atom. The number of hydrogen-bond acceptors (Lipinski definition) is 2. The molecule has 28 heavy (non-hydrogen) atoms.